The molecule has 4 nitrogen and oxygen atoms in total. The summed E-state index contributed by atoms with van der Waals surface area (Å²) in [5.74, 6) is -1.30. The Hall–Kier alpha value is -1.55. The van der Waals surface area contributed by atoms with Crippen LogP contribution >= 0.6 is 11.6 Å². The molecular weight excluding hydrogens is 290 g/mol. The Labute approximate surface area is 129 Å². The zero-order valence-corrected chi connectivity index (χ0v) is 12.8. The van der Waals surface area contributed by atoms with Crippen LogP contribution in [0.5, 0.6) is 0 Å². The van der Waals surface area contributed by atoms with Crippen molar-refractivity contribution in [2.75, 3.05) is 6.54 Å². The topological polar surface area (TPSA) is 57.6 Å². The highest BCUT2D eigenvalue weighted by Gasteiger charge is 2.35. The monoisotopic (exact) mass is 309 g/mol. The van der Waals surface area contributed by atoms with Gasteiger partial charge in [-0.3, -0.25) is 9.59 Å². The summed E-state index contributed by atoms with van der Waals surface area (Å²) < 4.78 is 0. The Kier molecular flexibility index (Phi) is 5.23. The predicted molar refractivity (Wildman–Crippen MR) is 81.0 cm³/mol. The number of halogens is 1. The molecule has 0 spiro atoms. The average Bonchev–Trinajstić information content (AvgIpc) is 2.96. The van der Waals surface area contributed by atoms with E-state index >= 15 is 0 Å². The van der Waals surface area contributed by atoms with Crippen molar-refractivity contribution in [1.29, 1.82) is 0 Å². The number of aliphatic carboxylic acids is 1. The third kappa shape index (κ3) is 3.76. The highest BCUT2D eigenvalue weighted by molar-refractivity contribution is 6.31. The van der Waals surface area contributed by atoms with Crippen LogP contribution in [0.4, 0.5) is 0 Å². The molecule has 1 amide bonds. The minimum atomic E-state index is -0.792. The second-order valence-electron chi connectivity index (χ2n) is 5.49. The van der Waals surface area contributed by atoms with E-state index in [0.717, 1.165) is 5.56 Å². The number of carbonyl (C=O) groups is 2. The highest BCUT2D eigenvalue weighted by Crippen LogP contribution is 2.32. The number of amides is 1. The number of carboxylic acids is 1. The molecule has 1 saturated carbocycles. The first-order valence-corrected chi connectivity index (χ1v) is 7.65. The van der Waals surface area contributed by atoms with Crippen LogP contribution in [0.3, 0.4) is 0 Å². The van der Waals surface area contributed by atoms with Crippen LogP contribution in [-0.2, 0) is 16.1 Å². The number of benzene rings is 1. The smallest absolute Gasteiger partial charge is 0.306 e. The zero-order chi connectivity index (χ0) is 15.4. The van der Waals surface area contributed by atoms with Crippen molar-refractivity contribution in [2.45, 2.75) is 32.7 Å². The normalized spacial score (nSPS) is 21.2. The molecule has 1 aliphatic carbocycles. The van der Waals surface area contributed by atoms with Gasteiger partial charge in [-0.25, -0.2) is 0 Å². The maximum Gasteiger partial charge on any atom is 0.306 e. The molecule has 0 heterocycles. The number of nitrogens with zero attached hydrogens (tertiary/aromatic N) is 1. The summed E-state index contributed by atoms with van der Waals surface area (Å²) in [6.07, 6.45) is 1.71. The van der Waals surface area contributed by atoms with Gasteiger partial charge >= 0.3 is 5.97 Å². The fraction of sp³-hybridized carbons (Fsp3) is 0.500. The molecule has 1 aliphatic rings. The van der Waals surface area contributed by atoms with Gasteiger partial charge in [-0.1, -0.05) is 29.8 Å². The maximum atomic E-state index is 12.6. The second-order valence-corrected chi connectivity index (χ2v) is 5.90. The van der Waals surface area contributed by atoms with Crippen molar-refractivity contribution in [1.82, 2.24) is 4.90 Å². The lowest BCUT2D eigenvalue weighted by molar-refractivity contribution is -0.141. The van der Waals surface area contributed by atoms with Crippen molar-refractivity contribution >= 4 is 23.5 Å². The van der Waals surface area contributed by atoms with E-state index < -0.39 is 5.97 Å². The molecule has 0 aliphatic heterocycles. The molecule has 0 saturated heterocycles. The molecular formula is C16H20ClNO3. The van der Waals surface area contributed by atoms with Crippen LogP contribution in [0.25, 0.3) is 0 Å². The van der Waals surface area contributed by atoms with Gasteiger partial charge in [0.25, 0.3) is 0 Å². The fourth-order valence-electron chi connectivity index (χ4n) is 2.87. The molecule has 21 heavy (non-hydrogen) atoms. The molecule has 0 aromatic heterocycles. The standard InChI is InChI=1S/C16H20ClNO3/c1-2-18(10-13-5-3-4-6-14(13)17)15(19)11-7-8-12(9-11)16(20)21/h3-6,11-12H,2,7-10H2,1H3,(H,20,21). The van der Waals surface area contributed by atoms with E-state index in [2.05, 4.69) is 0 Å². The second kappa shape index (κ2) is 6.94. The van der Waals surface area contributed by atoms with Crippen molar-refractivity contribution in [3.8, 4) is 0 Å². The van der Waals surface area contributed by atoms with E-state index in [0.29, 0.717) is 37.4 Å². The quantitative estimate of drug-likeness (QED) is 0.908. The number of hydrogen-bond donors (Lipinski definition) is 1. The lowest BCUT2D eigenvalue weighted by Gasteiger charge is -2.24. The van der Waals surface area contributed by atoms with Crippen LogP contribution in [0.2, 0.25) is 5.02 Å². The van der Waals surface area contributed by atoms with E-state index in [9.17, 15) is 9.59 Å². The molecule has 5 heteroatoms. The molecule has 1 fully saturated rings. The first-order valence-electron chi connectivity index (χ1n) is 7.28. The molecule has 1 N–H and O–H groups in total. The van der Waals surface area contributed by atoms with Gasteiger partial charge in [0.15, 0.2) is 0 Å². The molecule has 2 rings (SSSR count). The van der Waals surface area contributed by atoms with E-state index in [4.69, 9.17) is 16.7 Å². The van der Waals surface area contributed by atoms with Gasteiger partial charge in [0.1, 0.15) is 0 Å². The van der Waals surface area contributed by atoms with E-state index in [1.54, 1.807) is 4.90 Å². The first-order chi connectivity index (χ1) is 10.0. The zero-order valence-electron chi connectivity index (χ0n) is 12.1. The van der Waals surface area contributed by atoms with Gasteiger partial charge in [-0.15, -0.1) is 0 Å². The number of hydrogen-bond acceptors (Lipinski definition) is 2. The Balaban J connectivity index is 2.03. The SMILES string of the molecule is CCN(Cc1ccccc1Cl)C(=O)C1CCC(C(=O)O)C1. The summed E-state index contributed by atoms with van der Waals surface area (Å²) in [6, 6.07) is 7.48. The van der Waals surface area contributed by atoms with Crippen LogP contribution < -0.4 is 0 Å². The Morgan fingerprint density at radius 2 is 1.95 bits per heavy atom. The Bertz CT molecular complexity index is 532. The Morgan fingerprint density at radius 1 is 1.29 bits per heavy atom. The van der Waals surface area contributed by atoms with Crippen molar-refractivity contribution < 1.29 is 14.7 Å². The third-order valence-electron chi connectivity index (χ3n) is 4.14. The average molecular weight is 310 g/mol. The number of carboxylic acid groups (broad SMARTS) is 1. The molecule has 2 atom stereocenters. The van der Waals surface area contributed by atoms with Crippen LogP contribution in [0, 0.1) is 11.8 Å². The molecule has 0 bridgehead atoms. The fourth-order valence-corrected chi connectivity index (χ4v) is 3.06. The van der Waals surface area contributed by atoms with E-state index in [1.807, 2.05) is 31.2 Å². The van der Waals surface area contributed by atoms with Gasteiger partial charge in [0.2, 0.25) is 5.91 Å². The molecule has 114 valence electrons. The van der Waals surface area contributed by atoms with Crippen LogP contribution in [0.15, 0.2) is 24.3 Å². The van der Waals surface area contributed by atoms with Gasteiger partial charge in [0.05, 0.1) is 5.92 Å². The first kappa shape index (κ1) is 15.8. The summed E-state index contributed by atoms with van der Waals surface area (Å²) >= 11 is 6.14. The Morgan fingerprint density at radius 3 is 2.52 bits per heavy atom. The number of carbonyl (C=O) groups excluding carboxylic acids is 1. The molecule has 0 radical (unpaired) electrons. The molecule has 2 unspecified atom stereocenters. The predicted octanol–water partition coefficient (Wildman–Crippen LogP) is 3.19. The number of rotatable bonds is 5. The summed E-state index contributed by atoms with van der Waals surface area (Å²) in [4.78, 5) is 25.3. The van der Waals surface area contributed by atoms with Gasteiger partial charge in [-0.05, 0) is 37.8 Å². The summed E-state index contributed by atoms with van der Waals surface area (Å²) in [7, 11) is 0. The minimum absolute atomic E-state index is 0.0427. The minimum Gasteiger partial charge on any atom is -0.481 e. The summed E-state index contributed by atoms with van der Waals surface area (Å²) in [5, 5.41) is 9.69. The van der Waals surface area contributed by atoms with Crippen molar-refractivity contribution in [3.05, 3.63) is 34.9 Å². The molecule has 1 aromatic rings. The van der Waals surface area contributed by atoms with E-state index in [1.165, 1.54) is 0 Å². The highest BCUT2D eigenvalue weighted by atomic mass is 35.5. The summed E-state index contributed by atoms with van der Waals surface area (Å²) in [6.45, 7) is 3.00. The van der Waals surface area contributed by atoms with Crippen molar-refractivity contribution in [2.24, 2.45) is 11.8 Å². The van der Waals surface area contributed by atoms with Crippen molar-refractivity contribution in [3.63, 3.8) is 0 Å². The van der Waals surface area contributed by atoms with E-state index in [-0.39, 0.29) is 17.7 Å². The lowest BCUT2D eigenvalue weighted by Crippen LogP contribution is -2.35. The van der Waals surface area contributed by atoms with Gasteiger partial charge < -0.3 is 10.0 Å². The van der Waals surface area contributed by atoms with Gasteiger partial charge in [-0.2, -0.15) is 0 Å². The molecule has 1 aromatic carbocycles. The largest absolute Gasteiger partial charge is 0.481 e. The third-order valence-corrected chi connectivity index (χ3v) is 4.51. The summed E-state index contributed by atoms with van der Waals surface area (Å²) in [5.41, 5.74) is 0.919. The van der Waals surface area contributed by atoms with Crippen LogP contribution in [-0.4, -0.2) is 28.4 Å². The van der Waals surface area contributed by atoms with Crippen LogP contribution in [0.1, 0.15) is 31.7 Å². The van der Waals surface area contributed by atoms with Gasteiger partial charge in [0, 0.05) is 24.0 Å². The maximum absolute atomic E-state index is 12.6. The lowest BCUT2D eigenvalue weighted by atomic mass is 10.0.